The molecule has 2 aliphatic heterocycles. The summed E-state index contributed by atoms with van der Waals surface area (Å²) in [5, 5.41) is 11.6. The Morgan fingerprint density at radius 2 is 1.85 bits per heavy atom. The van der Waals surface area contributed by atoms with Crippen LogP contribution in [0.4, 0.5) is 9.18 Å². The molecule has 0 bridgehead atoms. The maximum absolute atomic E-state index is 14.8. The zero-order valence-corrected chi connectivity index (χ0v) is 23.9. The van der Waals surface area contributed by atoms with Crippen molar-refractivity contribution in [1.82, 2.24) is 29.9 Å². The molecule has 0 atom stereocenters. The van der Waals surface area contributed by atoms with Gasteiger partial charge < -0.3 is 24.4 Å². The fourth-order valence-corrected chi connectivity index (χ4v) is 5.63. The number of carbonyl (C=O) groups excluding carboxylic acids is 2. The first kappa shape index (κ1) is 28.4. The average Bonchev–Trinajstić information content (AvgIpc) is 3.71. The predicted molar refractivity (Wildman–Crippen MR) is 149 cm³/mol. The second kappa shape index (κ2) is 13.0. The second-order valence-corrected chi connectivity index (χ2v) is 12.0. The number of piperidine rings is 1. The fraction of sp³-hybridized carbons (Fsp3) is 0.667. The van der Waals surface area contributed by atoms with Crippen LogP contribution < -0.4 is 10.1 Å². The summed E-state index contributed by atoms with van der Waals surface area (Å²) in [6, 6.07) is 4.85. The molecule has 3 aliphatic rings. The van der Waals surface area contributed by atoms with E-state index < -0.39 is 5.82 Å². The third kappa shape index (κ3) is 7.31. The van der Waals surface area contributed by atoms with E-state index in [1.807, 2.05) is 4.90 Å². The molecule has 0 radical (unpaired) electrons. The highest BCUT2D eigenvalue weighted by Crippen LogP contribution is 2.39. The van der Waals surface area contributed by atoms with Crippen molar-refractivity contribution >= 4 is 11.9 Å². The molecule has 0 spiro atoms. The van der Waals surface area contributed by atoms with Gasteiger partial charge >= 0.3 is 6.03 Å². The van der Waals surface area contributed by atoms with Crippen LogP contribution in [0.2, 0.25) is 0 Å². The summed E-state index contributed by atoms with van der Waals surface area (Å²) in [5.41, 5.74) is 0.382. The van der Waals surface area contributed by atoms with Gasteiger partial charge in [-0.3, -0.25) is 4.79 Å². The van der Waals surface area contributed by atoms with Gasteiger partial charge in [-0.1, -0.05) is 26.3 Å². The molecular weight excluding hydrogens is 511 g/mol. The molecule has 2 aromatic rings. The summed E-state index contributed by atoms with van der Waals surface area (Å²) in [6.07, 6.45) is 7.51. The number of likely N-dealkylation sites (tertiary alicyclic amines) is 1. The number of benzene rings is 1. The minimum Gasteiger partial charge on any atom is -0.493 e. The predicted octanol–water partition coefficient (Wildman–Crippen LogP) is 4.51. The van der Waals surface area contributed by atoms with Crippen LogP contribution >= 0.6 is 0 Å². The van der Waals surface area contributed by atoms with Gasteiger partial charge in [-0.15, -0.1) is 10.2 Å². The molecule has 1 N–H and O–H groups in total. The van der Waals surface area contributed by atoms with Crippen LogP contribution in [0.25, 0.3) is 0 Å². The van der Waals surface area contributed by atoms with Crippen LogP contribution in [-0.2, 0) is 24.3 Å². The van der Waals surface area contributed by atoms with Gasteiger partial charge in [0.25, 0.3) is 0 Å². The van der Waals surface area contributed by atoms with E-state index in [0.29, 0.717) is 61.9 Å². The smallest absolute Gasteiger partial charge is 0.317 e. The number of carbonyl (C=O) groups is 2. The number of hydrogen-bond acceptors (Lipinski definition) is 5. The van der Waals surface area contributed by atoms with Crippen molar-refractivity contribution in [3.8, 4) is 5.75 Å². The topological polar surface area (TPSA) is 92.6 Å². The number of urea groups is 1. The zero-order chi connectivity index (χ0) is 28.1. The molecule has 9 nitrogen and oxygen atoms in total. The lowest BCUT2D eigenvalue weighted by atomic mass is 9.92. The normalized spacial score (nSPS) is 17.7. The second-order valence-electron chi connectivity index (χ2n) is 12.0. The zero-order valence-electron chi connectivity index (χ0n) is 23.9. The van der Waals surface area contributed by atoms with Gasteiger partial charge in [0.1, 0.15) is 17.4 Å². The van der Waals surface area contributed by atoms with Crippen LogP contribution in [0, 0.1) is 17.7 Å². The first-order chi connectivity index (χ1) is 19.4. The van der Waals surface area contributed by atoms with E-state index in [4.69, 9.17) is 4.74 Å². The first-order valence-corrected chi connectivity index (χ1v) is 15.0. The Kier molecular flexibility index (Phi) is 9.22. The largest absolute Gasteiger partial charge is 0.493 e. The third-order valence-corrected chi connectivity index (χ3v) is 8.28. The third-order valence-electron chi connectivity index (χ3n) is 8.28. The summed E-state index contributed by atoms with van der Waals surface area (Å²) >= 11 is 0. The van der Waals surface area contributed by atoms with Gasteiger partial charge in [0, 0.05) is 44.7 Å². The molecule has 1 aromatic heterocycles. The summed E-state index contributed by atoms with van der Waals surface area (Å²) in [6.45, 7) is 8.80. The molecule has 218 valence electrons. The van der Waals surface area contributed by atoms with E-state index in [1.54, 1.807) is 17.0 Å². The summed E-state index contributed by atoms with van der Waals surface area (Å²) in [4.78, 5) is 28.8. The SMILES string of the molecule is CC(C)CNC(=O)N1CCC(CCCCOc2ccc(CC(=O)N3CCn4c(nnc4C4CC4)C3)c(F)c2)CC1. The van der Waals surface area contributed by atoms with Crippen molar-refractivity contribution in [3.05, 3.63) is 41.2 Å². The fourth-order valence-electron chi connectivity index (χ4n) is 5.63. The van der Waals surface area contributed by atoms with E-state index in [1.165, 1.54) is 18.9 Å². The Bertz CT molecular complexity index is 1170. The molecule has 1 aromatic carbocycles. The number of rotatable bonds is 11. The van der Waals surface area contributed by atoms with Gasteiger partial charge in [-0.05, 0) is 62.0 Å². The highest BCUT2D eigenvalue weighted by atomic mass is 19.1. The number of unbranched alkanes of at least 4 members (excludes halogenated alkanes) is 1. The maximum Gasteiger partial charge on any atom is 0.317 e. The van der Waals surface area contributed by atoms with Crippen LogP contribution in [0.3, 0.4) is 0 Å². The molecule has 1 saturated carbocycles. The molecule has 3 heterocycles. The molecule has 1 saturated heterocycles. The first-order valence-electron chi connectivity index (χ1n) is 15.0. The minimum absolute atomic E-state index is 0.0218. The Balaban J connectivity index is 0.983. The lowest BCUT2D eigenvalue weighted by Gasteiger charge is -2.32. The van der Waals surface area contributed by atoms with Gasteiger partial charge in [0.2, 0.25) is 5.91 Å². The molecule has 40 heavy (non-hydrogen) atoms. The molecule has 5 rings (SSSR count). The van der Waals surface area contributed by atoms with Gasteiger partial charge in [-0.2, -0.15) is 0 Å². The summed E-state index contributed by atoms with van der Waals surface area (Å²) in [5.74, 6) is 3.47. The van der Waals surface area contributed by atoms with Crippen molar-refractivity contribution in [2.24, 2.45) is 11.8 Å². The van der Waals surface area contributed by atoms with Crippen molar-refractivity contribution in [3.63, 3.8) is 0 Å². The van der Waals surface area contributed by atoms with E-state index >= 15 is 0 Å². The highest BCUT2D eigenvalue weighted by molar-refractivity contribution is 5.79. The summed E-state index contributed by atoms with van der Waals surface area (Å²) < 4.78 is 22.7. The van der Waals surface area contributed by atoms with Gasteiger partial charge in [0.05, 0.1) is 19.6 Å². The number of aromatic nitrogens is 3. The number of halogens is 1. The number of nitrogens with zero attached hydrogens (tertiary/aromatic N) is 5. The quantitative estimate of drug-likeness (QED) is 0.413. The molecule has 1 aliphatic carbocycles. The molecule has 0 unspecified atom stereocenters. The molecule has 3 amide bonds. The monoisotopic (exact) mass is 554 g/mol. The highest BCUT2D eigenvalue weighted by Gasteiger charge is 2.33. The van der Waals surface area contributed by atoms with Crippen molar-refractivity contribution < 1.29 is 18.7 Å². The average molecular weight is 555 g/mol. The van der Waals surface area contributed by atoms with E-state index in [0.717, 1.165) is 56.8 Å². The van der Waals surface area contributed by atoms with Crippen LogP contribution in [0.5, 0.6) is 5.75 Å². The summed E-state index contributed by atoms with van der Waals surface area (Å²) in [7, 11) is 0. The van der Waals surface area contributed by atoms with Crippen molar-refractivity contribution in [2.75, 3.05) is 32.8 Å². The van der Waals surface area contributed by atoms with E-state index in [2.05, 4.69) is 33.9 Å². The number of amides is 3. The molecule has 10 heteroatoms. The van der Waals surface area contributed by atoms with Crippen molar-refractivity contribution in [1.29, 1.82) is 0 Å². The Hall–Kier alpha value is -3.17. The maximum atomic E-state index is 14.8. The Labute approximate surface area is 236 Å². The lowest BCUT2D eigenvalue weighted by Crippen LogP contribution is -2.45. The standard InChI is InChI=1S/C30H43FN6O3/c1-21(2)19-32-30(39)35-12-10-22(11-13-35)5-3-4-16-40-25-9-8-24(26(31)18-25)17-28(38)36-14-15-37-27(20-36)33-34-29(37)23-6-7-23/h8-9,18,21-23H,3-7,10-17,19-20H2,1-2H3,(H,32,39). The van der Waals surface area contributed by atoms with Crippen LogP contribution in [-0.4, -0.2) is 69.3 Å². The lowest BCUT2D eigenvalue weighted by molar-refractivity contribution is -0.132. The van der Waals surface area contributed by atoms with E-state index in [9.17, 15) is 14.0 Å². The van der Waals surface area contributed by atoms with E-state index in [-0.39, 0.29) is 18.4 Å². The van der Waals surface area contributed by atoms with Crippen LogP contribution in [0.1, 0.15) is 81.9 Å². The van der Waals surface area contributed by atoms with Crippen LogP contribution in [0.15, 0.2) is 18.2 Å². The Morgan fingerprint density at radius 1 is 1.05 bits per heavy atom. The van der Waals surface area contributed by atoms with Crippen molar-refractivity contribution in [2.45, 2.75) is 84.2 Å². The van der Waals surface area contributed by atoms with Gasteiger partial charge in [0.15, 0.2) is 5.82 Å². The molecule has 2 fully saturated rings. The number of nitrogens with one attached hydrogen (secondary N) is 1. The number of hydrogen-bond donors (Lipinski definition) is 1. The Morgan fingerprint density at radius 3 is 2.58 bits per heavy atom. The molecular formula is C30H43FN6O3. The number of ether oxygens (including phenoxy) is 1. The number of fused-ring (bicyclic) bond motifs is 1. The minimum atomic E-state index is -0.411. The van der Waals surface area contributed by atoms with Gasteiger partial charge in [-0.25, -0.2) is 9.18 Å².